The predicted octanol–water partition coefficient (Wildman–Crippen LogP) is 1.34. The largest absolute Gasteiger partial charge is 0.496 e. The average Bonchev–Trinajstić information content (AvgIpc) is 2.65. The Morgan fingerprint density at radius 2 is 1.80 bits per heavy atom. The molecule has 0 radical (unpaired) electrons. The molecule has 0 bridgehead atoms. The van der Waals surface area contributed by atoms with Crippen LogP contribution in [-0.4, -0.2) is 59.6 Å². The quantitative estimate of drug-likeness (QED) is 0.893. The van der Waals surface area contributed by atoms with Crippen LogP contribution in [-0.2, 0) is 22.6 Å². The summed E-state index contributed by atoms with van der Waals surface area (Å²) < 4.78 is 5.39. The van der Waals surface area contributed by atoms with E-state index in [1.807, 2.05) is 23.1 Å². The van der Waals surface area contributed by atoms with Crippen LogP contribution in [0.25, 0.3) is 0 Å². The Hall–Kier alpha value is -2.08. The number of likely N-dealkylation sites (tertiary alicyclic amines) is 1. The summed E-state index contributed by atoms with van der Waals surface area (Å²) in [6.07, 6.45) is 2.24. The van der Waals surface area contributed by atoms with E-state index >= 15 is 0 Å². The van der Waals surface area contributed by atoms with Crippen LogP contribution in [0.15, 0.2) is 18.2 Å². The average molecular weight is 346 g/mol. The maximum absolute atomic E-state index is 12.5. The molecule has 1 aromatic carbocycles. The number of rotatable bonds is 4. The predicted molar refractivity (Wildman–Crippen MR) is 93.2 cm³/mol. The molecule has 6 heteroatoms. The lowest BCUT2D eigenvalue weighted by Crippen LogP contribution is -2.41. The molecule has 1 fully saturated rings. The van der Waals surface area contributed by atoms with Crippen LogP contribution in [0.3, 0.4) is 0 Å². The normalized spacial score (nSPS) is 18.0. The van der Waals surface area contributed by atoms with Gasteiger partial charge in [0.1, 0.15) is 5.75 Å². The molecule has 0 unspecified atom stereocenters. The lowest BCUT2D eigenvalue weighted by Gasteiger charge is -2.31. The third-order valence-electron chi connectivity index (χ3n) is 5.17. The van der Waals surface area contributed by atoms with E-state index in [1.165, 1.54) is 5.56 Å². The molecule has 1 aromatic rings. The molecule has 2 aliphatic rings. The number of carbonyl (C=O) groups excluding carboxylic acids is 2. The molecule has 2 amide bonds. The number of carbonyl (C=O) groups is 2. The van der Waals surface area contributed by atoms with Gasteiger partial charge in [0.2, 0.25) is 11.8 Å². The van der Waals surface area contributed by atoms with E-state index in [2.05, 4.69) is 0 Å². The number of hydrogen-bond acceptors (Lipinski definition) is 4. The van der Waals surface area contributed by atoms with E-state index in [0.29, 0.717) is 39.0 Å². The molecule has 1 N–H and O–H groups in total. The third kappa shape index (κ3) is 4.12. The molecule has 3 rings (SSSR count). The second-order valence-corrected chi connectivity index (χ2v) is 6.78. The van der Waals surface area contributed by atoms with Crippen molar-refractivity contribution in [3.63, 3.8) is 0 Å². The highest BCUT2D eigenvalue weighted by atomic mass is 16.5. The summed E-state index contributed by atoms with van der Waals surface area (Å²) in [5.41, 5.74) is 2.30. The van der Waals surface area contributed by atoms with Crippen LogP contribution < -0.4 is 4.74 Å². The van der Waals surface area contributed by atoms with Crippen molar-refractivity contribution in [3.05, 3.63) is 29.3 Å². The minimum Gasteiger partial charge on any atom is -0.496 e. The smallest absolute Gasteiger partial charge is 0.223 e. The number of methoxy groups -OCH3 is 1. The Bertz CT molecular complexity index is 638. The fourth-order valence-corrected chi connectivity index (χ4v) is 3.62. The first-order valence-corrected chi connectivity index (χ1v) is 8.97. The molecule has 6 nitrogen and oxygen atoms in total. The second-order valence-electron chi connectivity index (χ2n) is 6.78. The Balaban J connectivity index is 1.51. The second kappa shape index (κ2) is 7.87. The lowest BCUT2D eigenvalue weighted by molar-refractivity contribution is -0.138. The van der Waals surface area contributed by atoms with Gasteiger partial charge in [-0.05, 0) is 30.9 Å². The van der Waals surface area contributed by atoms with Crippen LogP contribution in [0, 0.1) is 0 Å². The Morgan fingerprint density at radius 3 is 2.48 bits per heavy atom. The Morgan fingerprint density at radius 1 is 1.12 bits per heavy atom. The van der Waals surface area contributed by atoms with Crippen molar-refractivity contribution >= 4 is 11.8 Å². The maximum atomic E-state index is 12.5. The molecule has 0 aliphatic carbocycles. The van der Waals surface area contributed by atoms with E-state index in [-0.39, 0.29) is 30.8 Å². The number of fused-ring (bicyclic) bond motifs is 1. The highest BCUT2D eigenvalue weighted by molar-refractivity contribution is 5.84. The van der Waals surface area contributed by atoms with Gasteiger partial charge in [-0.1, -0.05) is 12.1 Å². The minimum absolute atomic E-state index is 0.0133. The van der Waals surface area contributed by atoms with Crippen LogP contribution in [0.1, 0.15) is 36.8 Å². The van der Waals surface area contributed by atoms with Crippen molar-refractivity contribution in [1.29, 1.82) is 0 Å². The number of ether oxygens (including phenoxy) is 1. The summed E-state index contributed by atoms with van der Waals surface area (Å²) in [6.45, 7) is 2.42. The molecule has 136 valence electrons. The Kier molecular flexibility index (Phi) is 5.58. The number of aliphatic hydroxyl groups excluding tert-OH is 1. The van der Waals surface area contributed by atoms with Gasteiger partial charge < -0.3 is 19.6 Å². The fourth-order valence-electron chi connectivity index (χ4n) is 3.62. The first-order chi connectivity index (χ1) is 12.1. The van der Waals surface area contributed by atoms with E-state index < -0.39 is 0 Å². The van der Waals surface area contributed by atoms with Gasteiger partial charge in [-0.15, -0.1) is 0 Å². The van der Waals surface area contributed by atoms with Gasteiger partial charge in [-0.3, -0.25) is 9.59 Å². The monoisotopic (exact) mass is 346 g/mol. The van der Waals surface area contributed by atoms with Gasteiger partial charge in [0.15, 0.2) is 0 Å². The highest BCUT2D eigenvalue weighted by Gasteiger charge is 2.25. The van der Waals surface area contributed by atoms with Gasteiger partial charge in [0.05, 0.1) is 13.2 Å². The molecule has 0 spiro atoms. The topological polar surface area (TPSA) is 70.1 Å². The van der Waals surface area contributed by atoms with E-state index in [1.54, 1.807) is 12.0 Å². The minimum atomic E-state index is -0.295. The number of nitrogens with zero attached hydrogens (tertiary/aromatic N) is 2. The number of piperidine rings is 1. The summed E-state index contributed by atoms with van der Waals surface area (Å²) in [4.78, 5) is 28.3. The van der Waals surface area contributed by atoms with Crippen LogP contribution in [0.2, 0.25) is 0 Å². The summed E-state index contributed by atoms with van der Waals surface area (Å²) in [5.74, 6) is 0.922. The SMILES string of the molecule is COc1cccc2c1CCN(C(=O)CCC(=O)N1CCC(O)CC1)C2. The van der Waals surface area contributed by atoms with E-state index in [0.717, 1.165) is 17.7 Å². The highest BCUT2D eigenvalue weighted by Crippen LogP contribution is 2.28. The lowest BCUT2D eigenvalue weighted by atomic mass is 9.98. The van der Waals surface area contributed by atoms with Gasteiger partial charge in [0, 0.05) is 44.6 Å². The zero-order valence-electron chi connectivity index (χ0n) is 14.7. The number of hydrogen-bond donors (Lipinski definition) is 1. The van der Waals surface area contributed by atoms with Crippen molar-refractivity contribution in [3.8, 4) is 5.75 Å². The molecule has 2 heterocycles. The zero-order chi connectivity index (χ0) is 17.8. The van der Waals surface area contributed by atoms with Crippen LogP contribution in [0.4, 0.5) is 0 Å². The first-order valence-electron chi connectivity index (χ1n) is 8.97. The van der Waals surface area contributed by atoms with Gasteiger partial charge in [-0.25, -0.2) is 0 Å². The summed E-state index contributed by atoms with van der Waals surface area (Å²) in [5, 5.41) is 9.51. The van der Waals surface area contributed by atoms with Gasteiger partial charge >= 0.3 is 0 Å². The molecule has 0 saturated carbocycles. The first kappa shape index (κ1) is 17.7. The van der Waals surface area contributed by atoms with Crippen LogP contribution in [0.5, 0.6) is 5.75 Å². The summed E-state index contributed by atoms with van der Waals surface area (Å²) in [6, 6.07) is 5.92. The van der Waals surface area contributed by atoms with E-state index in [9.17, 15) is 14.7 Å². The molecule has 0 atom stereocenters. The van der Waals surface area contributed by atoms with Crippen molar-refractivity contribution in [1.82, 2.24) is 9.80 Å². The molecule has 1 saturated heterocycles. The fraction of sp³-hybridized carbons (Fsp3) is 0.579. The van der Waals surface area contributed by atoms with Crippen molar-refractivity contribution in [2.24, 2.45) is 0 Å². The van der Waals surface area contributed by atoms with Crippen molar-refractivity contribution < 1.29 is 19.4 Å². The zero-order valence-corrected chi connectivity index (χ0v) is 14.7. The third-order valence-corrected chi connectivity index (χ3v) is 5.17. The summed E-state index contributed by atoms with van der Waals surface area (Å²) in [7, 11) is 1.67. The molecular formula is C19H26N2O4. The van der Waals surface area contributed by atoms with Crippen molar-refractivity contribution in [2.75, 3.05) is 26.7 Å². The number of aliphatic hydroxyl groups is 1. The molecule has 0 aromatic heterocycles. The molecular weight excluding hydrogens is 320 g/mol. The van der Waals surface area contributed by atoms with Gasteiger partial charge in [0.25, 0.3) is 0 Å². The maximum Gasteiger partial charge on any atom is 0.223 e. The van der Waals surface area contributed by atoms with Gasteiger partial charge in [-0.2, -0.15) is 0 Å². The molecule has 25 heavy (non-hydrogen) atoms. The molecule has 2 aliphatic heterocycles. The summed E-state index contributed by atoms with van der Waals surface area (Å²) >= 11 is 0. The number of amides is 2. The van der Waals surface area contributed by atoms with E-state index in [4.69, 9.17) is 4.74 Å². The van der Waals surface area contributed by atoms with Crippen molar-refractivity contribution in [2.45, 2.75) is 44.8 Å². The Labute approximate surface area is 148 Å². The number of benzene rings is 1. The van der Waals surface area contributed by atoms with Crippen LogP contribution >= 0.6 is 0 Å². The standard InChI is InChI=1S/C19H26N2O4/c1-25-17-4-2-3-14-13-21(12-9-16(14)17)19(24)6-5-18(23)20-10-7-15(22)8-11-20/h2-4,15,22H,5-13H2,1H3.